The Morgan fingerprint density at radius 1 is 1.41 bits per heavy atom. The molecule has 1 saturated carbocycles. The molecule has 3 unspecified atom stereocenters. The van der Waals surface area contributed by atoms with Crippen LogP contribution in [0.25, 0.3) is 0 Å². The van der Waals surface area contributed by atoms with Gasteiger partial charge in [-0.3, -0.25) is 9.69 Å². The number of rotatable bonds is 4. The lowest BCUT2D eigenvalue weighted by Crippen LogP contribution is -2.54. The highest BCUT2D eigenvalue weighted by Gasteiger charge is 2.46. The van der Waals surface area contributed by atoms with Crippen molar-refractivity contribution in [2.45, 2.75) is 44.7 Å². The topological polar surface area (TPSA) is 75.8 Å². The van der Waals surface area contributed by atoms with Gasteiger partial charge >= 0.3 is 0 Å². The van der Waals surface area contributed by atoms with Gasteiger partial charge in [-0.2, -0.15) is 0 Å². The van der Waals surface area contributed by atoms with Crippen molar-refractivity contribution in [3.8, 4) is 11.5 Å². The van der Waals surface area contributed by atoms with Gasteiger partial charge in [0.05, 0.1) is 12.8 Å². The zero-order valence-electron chi connectivity index (χ0n) is 13.2. The van der Waals surface area contributed by atoms with Crippen LogP contribution in [0.2, 0.25) is 0 Å². The lowest BCUT2D eigenvalue weighted by molar-refractivity contribution is -0.138. The average molecular weight is 304 g/mol. The minimum absolute atomic E-state index is 0.0272. The van der Waals surface area contributed by atoms with Crippen molar-refractivity contribution < 1.29 is 14.6 Å². The second-order valence-electron chi connectivity index (χ2n) is 6.35. The van der Waals surface area contributed by atoms with Crippen molar-refractivity contribution in [3.05, 3.63) is 17.7 Å². The van der Waals surface area contributed by atoms with E-state index in [9.17, 15) is 9.90 Å². The molecule has 22 heavy (non-hydrogen) atoms. The number of nitrogens with zero attached hydrogens (tertiary/aromatic N) is 1. The van der Waals surface area contributed by atoms with Crippen LogP contribution in [0.3, 0.4) is 0 Å². The van der Waals surface area contributed by atoms with Gasteiger partial charge in [-0.05, 0) is 43.5 Å². The van der Waals surface area contributed by atoms with Crippen LogP contribution in [-0.2, 0) is 4.79 Å². The van der Waals surface area contributed by atoms with Crippen LogP contribution in [0.1, 0.15) is 44.2 Å². The molecule has 1 aliphatic carbocycles. The molecule has 2 saturated heterocycles. The number of aromatic hydroxyl groups is 1. The minimum atomic E-state index is -0.0272. The fourth-order valence-electron chi connectivity index (χ4n) is 4.08. The zero-order valence-corrected chi connectivity index (χ0v) is 13.2. The first-order valence-electron chi connectivity index (χ1n) is 8.01. The van der Waals surface area contributed by atoms with Crippen LogP contribution in [0.4, 0.5) is 5.69 Å². The fourth-order valence-corrected chi connectivity index (χ4v) is 4.08. The number of methoxy groups -OCH3 is 1. The predicted octanol–water partition coefficient (Wildman–Crippen LogP) is 2.49. The third-order valence-electron chi connectivity index (χ3n) is 5.04. The van der Waals surface area contributed by atoms with Gasteiger partial charge < -0.3 is 15.6 Å². The first-order valence-corrected chi connectivity index (χ1v) is 8.01. The van der Waals surface area contributed by atoms with Crippen molar-refractivity contribution in [1.82, 2.24) is 4.90 Å². The number of hydrogen-bond donors (Lipinski definition) is 2. The zero-order chi connectivity index (χ0) is 15.9. The smallest absolute Gasteiger partial charge is 0.181 e. The van der Waals surface area contributed by atoms with Gasteiger partial charge in [0, 0.05) is 24.4 Å². The van der Waals surface area contributed by atoms with Crippen molar-refractivity contribution in [2.75, 3.05) is 19.4 Å². The van der Waals surface area contributed by atoms with E-state index in [0.29, 0.717) is 29.7 Å². The van der Waals surface area contributed by atoms with E-state index in [4.69, 9.17) is 10.5 Å². The SMILES string of the molecule is CCCN1C2CCC(C(=O)C2)C1c1cc(N)c(O)c(OC)c1. The molecule has 0 amide bonds. The third kappa shape index (κ3) is 2.33. The van der Waals surface area contributed by atoms with E-state index in [1.165, 1.54) is 7.11 Å². The monoisotopic (exact) mass is 304 g/mol. The Labute approximate surface area is 131 Å². The van der Waals surface area contributed by atoms with Crippen LogP contribution in [0.15, 0.2) is 12.1 Å². The van der Waals surface area contributed by atoms with Gasteiger partial charge in [0.1, 0.15) is 5.78 Å². The summed E-state index contributed by atoms with van der Waals surface area (Å²) in [5.74, 6) is 0.741. The number of nitrogen functional groups attached to an aromatic ring is 1. The van der Waals surface area contributed by atoms with Gasteiger partial charge in [-0.1, -0.05) is 6.92 Å². The largest absolute Gasteiger partial charge is 0.503 e. The maximum absolute atomic E-state index is 12.4. The van der Waals surface area contributed by atoms with Gasteiger partial charge in [0.25, 0.3) is 0 Å². The molecular formula is C17H24N2O3. The number of anilines is 1. The van der Waals surface area contributed by atoms with E-state index in [1.807, 2.05) is 6.07 Å². The summed E-state index contributed by atoms with van der Waals surface area (Å²) in [6.45, 7) is 3.13. The van der Waals surface area contributed by atoms with Gasteiger partial charge in [0.15, 0.2) is 11.5 Å². The maximum Gasteiger partial charge on any atom is 0.181 e. The van der Waals surface area contributed by atoms with E-state index in [-0.39, 0.29) is 17.7 Å². The number of fused-ring (bicyclic) bond motifs is 3. The van der Waals surface area contributed by atoms with E-state index in [0.717, 1.165) is 31.4 Å². The summed E-state index contributed by atoms with van der Waals surface area (Å²) >= 11 is 0. The molecule has 0 spiro atoms. The summed E-state index contributed by atoms with van der Waals surface area (Å²) in [6, 6.07) is 4.01. The standard InChI is InChI=1S/C17H24N2O3/c1-3-6-19-11-4-5-12(14(20)9-11)16(19)10-7-13(18)17(21)15(8-10)22-2/h7-8,11-12,16,21H,3-6,9,18H2,1-2H3. The Kier molecular flexibility index (Phi) is 4.00. The number of ether oxygens (including phenoxy) is 1. The second kappa shape index (κ2) is 5.80. The lowest BCUT2D eigenvalue weighted by atomic mass is 9.71. The van der Waals surface area contributed by atoms with E-state index >= 15 is 0 Å². The number of phenolic OH excluding ortho intramolecular Hbond substituents is 1. The molecule has 120 valence electrons. The van der Waals surface area contributed by atoms with Gasteiger partial charge in [0.2, 0.25) is 0 Å². The summed E-state index contributed by atoms with van der Waals surface area (Å²) in [5.41, 5.74) is 7.20. The van der Waals surface area contributed by atoms with Crippen LogP contribution >= 0.6 is 0 Å². The first kappa shape index (κ1) is 15.2. The Bertz CT molecular complexity index is 588. The van der Waals surface area contributed by atoms with Crippen molar-refractivity contribution >= 4 is 11.5 Å². The number of ketones is 1. The van der Waals surface area contributed by atoms with Crippen LogP contribution in [0, 0.1) is 5.92 Å². The van der Waals surface area contributed by atoms with E-state index < -0.39 is 0 Å². The molecule has 2 aliphatic heterocycles. The number of hydrogen-bond acceptors (Lipinski definition) is 5. The third-order valence-corrected chi connectivity index (χ3v) is 5.04. The van der Waals surface area contributed by atoms with E-state index in [1.54, 1.807) is 6.07 Å². The molecule has 2 bridgehead atoms. The van der Waals surface area contributed by atoms with Crippen molar-refractivity contribution in [3.63, 3.8) is 0 Å². The normalized spacial score (nSPS) is 28.1. The second-order valence-corrected chi connectivity index (χ2v) is 6.35. The summed E-state index contributed by atoms with van der Waals surface area (Å²) < 4.78 is 5.23. The van der Waals surface area contributed by atoms with Crippen LogP contribution in [0.5, 0.6) is 11.5 Å². The molecule has 0 radical (unpaired) electrons. The number of phenols is 1. The molecule has 3 fully saturated rings. The maximum atomic E-state index is 12.4. The highest BCUT2D eigenvalue weighted by atomic mass is 16.5. The Balaban J connectivity index is 2.04. The van der Waals surface area contributed by atoms with Gasteiger partial charge in [-0.25, -0.2) is 0 Å². The molecular weight excluding hydrogens is 280 g/mol. The summed E-state index contributed by atoms with van der Waals surface area (Å²) in [5, 5.41) is 9.94. The highest BCUT2D eigenvalue weighted by molar-refractivity contribution is 5.84. The Hall–Kier alpha value is -1.75. The molecule has 3 aliphatic rings. The number of benzene rings is 1. The molecule has 1 aromatic carbocycles. The number of piperidine rings is 2. The quantitative estimate of drug-likeness (QED) is 0.660. The molecule has 5 nitrogen and oxygen atoms in total. The van der Waals surface area contributed by atoms with Crippen molar-refractivity contribution in [1.29, 1.82) is 0 Å². The van der Waals surface area contributed by atoms with Crippen LogP contribution in [-0.4, -0.2) is 35.5 Å². The molecule has 4 rings (SSSR count). The van der Waals surface area contributed by atoms with Crippen molar-refractivity contribution in [2.24, 2.45) is 5.92 Å². The summed E-state index contributed by atoms with van der Waals surface area (Å²) in [7, 11) is 1.51. The molecule has 2 heterocycles. The Morgan fingerprint density at radius 2 is 2.18 bits per heavy atom. The van der Waals surface area contributed by atoms with E-state index in [2.05, 4.69) is 11.8 Å². The van der Waals surface area contributed by atoms with Gasteiger partial charge in [-0.15, -0.1) is 0 Å². The summed E-state index contributed by atoms with van der Waals surface area (Å²) in [6.07, 6.45) is 3.76. The fraction of sp³-hybridized carbons (Fsp3) is 0.588. The minimum Gasteiger partial charge on any atom is -0.503 e. The Morgan fingerprint density at radius 3 is 2.82 bits per heavy atom. The molecule has 0 aromatic heterocycles. The number of carbonyl (C=O) groups excluding carboxylic acids is 1. The number of Topliss-reactive ketones (excluding diaryl/α,β-unsaturated/α-hetero) is 1. The molecule has 3 N–H and O–H groups in total. The highest BCUT2D eigenvalue weighted by Crippen LogP contribution is 2.47. The average Bonchev–Trinajstić information content (AvgIpc) is 2.51. The predicted molar refractivity (Wildman–Crippen MR) is 84.9 cm³/mol. The van der Waals surface area contributed by atoms with Crippen LogP contribution < -0.4 is 10.5 Å². The first-order chi connectivity index (χ1) is 10.6. The lowest BCUT2D eigenvalue weighted by Gasteiger charge is -2.50. The number of nitrogens with two attached hydrogens (primary N) is 1. The molecule has 3 atom stereocenters. The molecule has 1 aromatic rings. The molecule has 5 heteroatoms. The number of carbonyl (C=O) groups is 1. The summed E-state index contributed by atoms with van der Waals surface area (Å²) in [4.78, 5) is 14.8.